The highest BCUT2D eigenvalue weighted by atomic mass is 14.9. The van der Waals surface area contributed by atoms with Crippen molar-refractivity contribution < 1.29 is 0 Å². The molecule has 1 nitrogen and oxygen atoms in total. The zero-order valence-electron chi connectivity index (χ0n) is 11.8. The molecule has 0 aliphatic heterocycles. The fourth-order valence-corrected chi connectivity index (χ4v) is 4.86. The van der Waals surface area contributed by atoms with Gasteiger partial charge in [0.15, 0.2) is 0 Å². The third-order valence-corrected chi connectivity index (χ3v) is 4.62. The standard InChI is InChI=1S/C15H29N/c1-6-16-8-12-7-15(12)10-13(2,3)9-14(4,5)11-15/h12,16H,6-11H2,1-5H3. The Hall–Kier alpha value is -0.0400. The van der Waals surface area contributed by atoms with E-state index in [2.05, 4.69) is 39.9 Å². The number of hydrogen-bond donors (Lipinski definition) is 1. The molecule has 2 aliphatic carbocycles. The van der Waals surface area contributed by atoms with Crippen LogP contribution in [0.1, 0.15) is 60.3 Å². The van der Waals surface area contributed by atoms with Crippen molar-refractivity contribution in [1.82, 2.24) is 5.32 Å². The smallest absolute Gasteiger partial charge is 0.00151 e. The number of nitrogens with one attached hydrogen (secondary N) is 1. The lowest BCUT2D eigenvalue weighted by molar-refractivity contribution is 0.0467. The minimum atomic E-state index is 0.558. The summed E-state index contributed by atoms with van der Waals surface area (Å²) in [5.74, 6) is 0.964. The van der Waals surface area contributed by atoms with Crippen LogP contribution in [0.5, 0.6) is 0 Å². The normalized spacial score (nSPS) is 33.9. The van der Waals surface area contributed by atoms with Gasteiger partial charge in [0.25, 0.3) is 0 Å². The molecule has 2 rings (SSSR count). The average molecular weight is 223 g/mol. The van der Waals surface area contributed by atoms with Crippen molar-refractivity contribution in [2.45, 2.75) is 60.3 Å². The van der Waals surface area contributed by atoms with Crippen LogP contribution in [0.3, 0.4) is 0 Å². The second kappa shape index (κ2) is 3.73. The van der Waals surface area contributed by atoms with Crippen LogP contribution >= 0.6 is 0 Å². The Kier molecular flexibility index (Phi) is 2.89. The summed E-state index contributed by atoms with van der Waals surface area (Å²) in [6.07, 6.45) is 5.79. The van der Waals surface area contributed by atoms with E-state index in [-0.39, 0.29) is 0 Å². The fraction of sp³-hybridized carbons (Fsp3) is 1.00. The van der Waals surface area contributed by atoms with E-state index in [4.69, 9.17) is 0 Å². The molecule has 16 heavy (non-hydrogen) atoms. The van der Waals surface area contributed by atoms with E-state index in [1.807, 2.05) is 0 Å². The molecule has 1 spiro atoms. The molecule has 1 heteroatoms. The summed E-state index contributed by atoms with van der Waals surface area (Å²) in [7, 11) is 0. The molecule has 2 aliphatic rings. The van der Waals surface area contributed by atoms with Gasteiger partial charge in [0.1, 0.15) is 0 Å². The molecule has 0 bridgehead atoms. The van der Waals surface area contributed by atoms with Crippen molar-refractivity contribution in [2.75, 3.05) is 13.1 Å². The van der Waals surface area contributed by atoms with E-state index >= 15 is 0 Å². The highest BCUT2D eigenvalue weighted by Gasteiger charge is 2.60. The molecule has 1 unspecified atom stereocenters. The SMILES string of the molecule is CCNCC1CC12CC(C)(C)CC(C)(C)C2. The van der Waals surface area contributed by atoms with E-state index in [1.165, 1.54) is 32.2 Å². The van der Waals surface area contributed by atoms with Gasteiger partial charge in [0.2, 0.25) is 0 Å². The van der Waals surface area contributed by atoms with Crippen LogP contribution in [-0.2, 0) is 0 Å². The highest BCUT2D eigenvalue weighted by Crippen LogP contribution is 2.68. The maximum atomic E-state index is 3.54. The summed E-state index contributed by atoms with van der Waals surface area (Å²) in [5, 5.41) is 3.54. The van der Waals surface area contributed by atoms with Gasteiger partial charge in [-0.25, -0.2) is 0 Å². The van der Waals surface area contributed by atoms with Gasteiger partial charge >= 0.3 is 0 Å². The molecule has 0 aromatic carbocycles. The van der Waals surface area contributed by atoms with Crippen molar-refractivity contribution in [3.63, 3.8) is 0 Å². The topological polar surface area (TPSA) is 12.0 Å². The molecule has 94 valence electrons. The van der Waals surface area contributed by atoms with Crippen molar-refractivity contribution >= 4 is 0 Å². The van der Waals surface area contributed by atoms with Crippen LogP contribution in [0.15, 0.2) is 0 Å². The Bertz CT molecular complexity index is 249. The molecule has 1 N–H and O–H groups in total. The van der Waals surface area contributed by atoms with Crippen LogP contribution in [0.2, 0.25) is 0 Å². The molecule has 0 aromatic rings. The van der Waals surface area contributed by atoms with Crippen molar-refractivity contribution in [3.05, 3.63) is 0 Å². The Morgan fingerprint density at radius 1 is 1.00 bits per heavy atom. The first-order chi connectivity index (χ1) is 7.29. The zero-order valence-corrected chi connectivity index (χ0v) is 11.8. The van der Waals surface area contributed by atoms with Gasteiger partial charge in [-0.1, -0.05) is 34.6 Å². The Morgan fingerprint density at radius 3 is 2.06 bits per heavy atom. The predicted molar refractivity (Wildman–Crippen MR) is 70.5 cm³/mol. The van der Waals surface area contributed by atoms with Gasteiger partial charge in [0.05, 0.1) is 0 Å². The predicted octanol–water partition coefficient (Wildman–Crippen LogP) is 3.84. The van der Waals surface area contributed by atoms with Crippen LogP contribution in [0.25, 0.3) is 0 Å². The Labute approximate surface area is 101 Å². The molecule has 0 saturated heterocycles. The van der Waals surface area contributed by atoms with E-state index in [9.17, 15) is 0 Å². The first-order valence-electron chi connectivity index (χ1n) is 6.99. The van der Waals surface area contributed by atoms with Gasteiger partial charge in [-0.3, -0.25) is 0 Å². The monoisotopic (exact) mass is 223 g/mol. The van der Waals surface area contributed by atoms with E-state index in [1.54, 1.807) is 0 Å². The summed E-state index contributed by atoms with van der Waals surface area (Å²) in [4.78, 5) is 0. The molecule has 0 heterocycles. The first-order valence-corrected chi connectivity index (χ1v) is 6.99. The molecule has 2 fully saturated rings. The first kappa shape index (κ1) is 12.4. The second-order valence-corrected chi connectivity index (χ2v) is 7.93. The van der Waals surface area contributed by atoms with Crippen LogP contribution in [0, 0.1) is 22.2 Å². The van der Waals surface area contributed by atoms with E-state index in [0.29, 0.717) is 16.2 Å². The summed E-state index contributed by atoms with van der Waals surface area (Å²) in [5.41, 5.74) is 1.82. The van der Waals surface area contributed by atoms with Gasteiger partial charge in [-0.15, -0.1) is 0 Å². The van der Waals surface area contributed by atoms with Crippen LogP contribution in [0.4, 0.5) is 0 Å². The summed E-state index contributed by atoms with van der Waals surface area (Å²) >= 11 is 0. The molecule has 0 radical (unpaired) electrons. The zero-order chi connectivity index (χ0) is 12.0. The van der Waals surface area contributed by atoms with Crippen LogP contribution in [-0.4, -0.2) is 13.1 Å². The largest absolute Gasteiger partial charge is 0.317 e. The van der Waals surface area contributed by atoms with Gasteiger partial charge < -0.3 is 5.32 Å². The lowest BCUT2D eigenvalue weighted by Crippen LogP contribution is -2.36. The molecular weight excluding hydrogens is 194 g/mol. The highest BCUT2D eigenvalue weighted by molar-refractivity contribution is 5.10. The minimum absolute atomic E-state index is 0.558. The lowest BCUT2D eigenvalue weighted by Gasteiger charge is -2.46. The molecule has 1 atom stereocenters. The maximum absolute atomic E-state index is 3.54. The summed E-state index contributed by atoms with van der Waals surface area (Å²) in [6.45, 7) is 14.5. The van der Waals surface area contributed by atoms with E-state index in [0.717, 1.165) is 12.5 Å². The molecular formula is C15H29N. The average Bonchev–Trinajstić information content (AvgIpc) is 2.67. The van der Waals surface area contributed by atoms with E-state index < -0.39 is 0 Å². The second-order valence-electron chi connectivity index (χ2n) is 7.93. The third-order valence-electron chi connectivity index (χ3n) is 4.62. The number of hydrogen-bond acceptors (Lipinski definition) is 1. The maximum Gasteiger partial charge on any atom is -0.00151 e. The lowest BCUT2D eigenvalue weighted by atomic mass is 9.59. The van der Waals surface area contributed by atoms with Crippen molar-refractivity contribution in [2.24, 2.45) is 22.2 Å². The summed E-state index contributed by atoms with van der Waals surface area (Å²) < 4.78 is 0. The molecule has 2 saturated carbocycles. The Balaban J connectivity index is 2.01. The van der Waals surface area contributed by atoms with Gasteiger partial charge in [-0.05, 0) is 60.9 Å². The summed E-state index contributed by atoms with van der Waals surface area (Å²) in [6, 6.07) is 0. The third kappa shape index (κ3) is 2.45. The fourth-order valence-electron chi connectivity index (χ4n) is 4.86. The Morgan fingerprint density at radius 2 is 1.56 bits per heavy atom. The quantitative estimate of drug-likeness (QED) is 0.766. The van der Waals surface area contributed by atoms with Gasteiger partial charge in [0, 0.05) is 0 Å². The molecule has 0 amide bonds. The van der Waals surface area contributed by atoms with Crippen LogP contribution < -0.4 is 5.32 Å². The van der Waals surface area contributed by atoms with Crippen molar-refractivity contribution in [1.29, 1.82) is 0 Å². The van der Waals surface area contributed by atoms with Gasteiger partial charge in [-0.2, -0.15) is 0 Å². The van der Waals surface area contributed by atoms with Crippen molar-refractivity contribution in [3.8, 4) is 0 Å². The minimum Gasteiger partial charge on any atom is -0.317 e. The molecule has 0 aromatic heterocycles. The number of rotatable bonds is 3.